The Labute approximate surface area is 80.2 Å². The Balaban J connectivity index is 2.84. The number of unbranched alkanes of at least 4 members (excludes halogenated alkanes) is 7. The van der Waals surface area contributed by atoms with Crippen molar-refractivity contribution < 1.29 is 1.37 Å². The minimum Gasteiger partial charge on any atom is -0.0654 e. The van der Waals surface area contributed by atoms with E-state index < -0.39 is 0 Å². The fraction of sp³-hybridized carbons (Fsp3) is 0.917. The zero-order chi connectivity index (χ0) is 9.94. The first kappa shape index (κ1) is 10.1. The minimum atomic E-state index is -0.0971. The molecule has 0 aromatic carbocycles. The molecule has 0 N–H and O–H groups in total. The molecule has 0 aliphatic carbocycles. The molecule has 1 radical (unpaired) electrons. The van der Waals surface area contributed by atoms with Crippen LogP contribution in [0, 0.1) is 6.92 Å². The van der Waals surface area contributed by atoms with Crippen LogP contribution in [-0.4, -0.2) is 0 Å². The van der Waals surface area contributed by atoms with Gasteiger partial charge in [0.05, 0.1) is 0 Å². The molecule has 0 bridgehead atoms. The van der Waals surface area contributed by atoms with Crippen molar-refractivity contribution in [3.05, 3.63) is 6.92 Å². The molecule has 0 nitrogen and oxygen atoms in total. The highest BCUT2D eigenvalue weighted by atomic mass is 14.0. The van der Waals surface area contributed by atoms with E-state index in [1.54, 1.807) is 0 Å². The fourth-order valence-electron chi connectivity index (χ4n) is 1.42. The molecule has 0 aliphatic rings. The van der Waals surface area contributed by atoms with Crippen LogP contribution < -0.4 is 0 Å². The Kier molecular flexibility index (Phi) is 9.24. The monoisotopic (exact) mass is 170 g/mol. The second-order valence-electron chi connectivity index (χ2n) is 3.55. The van der Waals surface area contributed by atoms with E-state index in [0.717, 1.165) is 6.42 Å². The van der Waals surface area contributed by atoms with Gasteiger partial charge in [0.25, 0.3) is 0 Å². The molecule has 0 rings (SSSR count). The molecular formula is C12H25. The highest BCUT2D eigenvalue weighted by molar-refractivity contribution is 4.47. The van der Waals surface area contributed by atoms with Crippen LogP contribution in [0.5, 0.6) is 0 Å². The van der Waals surface area contributed by atoms with Gasteiger partial charge in [0, 0.05) is 1.37 Å². The molecule has 73 valence electrons. The molecule has 0 aromatic heterocycles. The van der Waals surface area contributed by atoms with E-state index in [1.165, 1.54) is 51.4 Å². The molecule has 0 saturated carbocycles. The van der Waals surface area contributed by atoms with Crippen LogP contribution in [-0.2, 0) is 0 Å². The summed E-state index contributed by atoms with van der Waals surface area (Å²) in [5, 5.41) is 0. The number of hydrogen-bond donors (Lipinski definition) is 0. The van der Waals surface area contributed by atoms with Gasteiger partial charge in [-0.3, -0.25) is 0 Å². The molecule has 0 heterocycles. The summed E-state index contributed by atoms with van der Waals surface area (Å²) >= 11 is 0. The SMILES string of the molecule is [2H]C([CH2])CCCCCCCCCC. The zero-order valence-electron chi connectivity index (χ0n) is 9.65. The second kappa shape index (κ2) is 11.0. The summed E-state index contributed by atoms with van der Waals surface area (Å²) in [6, 6.07) is 0. The Bertz CT molecular complexity index is 89.1. The molecule has 0 amide bonds. The van der Waals surface area contributed by atoms with Crippen molar-refractivity contribution in [2.24, 2.45) is 0 Å². The van der Waals surface area contributed by atoms with Gasteiger partial charge < -0.3 is 0 Å². The van der Waals surface area contributed by atoms with Crippen LogP contribution in [0.15, 0.2) is 0 Å². The van der Waals surface area contributed by atoms with Crippen LogP contribution in [0.4, 0.5) is 0 Å². The molecule has 0 aliphatic heterocycles. The van der Waals surface area contributed by atoms with Gasteiger partial charge in [0.1, 0.15) is 0 Å². The average Bonchev–Trinajstić information content (AvgIpc) is 2.09. The molecule has 12 heavy (non-hydrogen) atoms. The molecule has 0 spiro atoms. The van der Waals surface area contributed by atoms with Crippen molar-refractivity contribution in [1.82, 2.24) is 0 Å². The van der Waals surface area contributed by atoms with E-state index >= 15 is 0 Å². The van der Waals surface area contributed by atoms with E-state index in [-0.39, 0.29) is 6.40 Å². The lowest BCUT2D eigenvalue weighted by Crippen LogP contribution is -1.80. The van der Waals surface area contributed by atoms with Crippen molar-refractivity contribution in [2.75, 3.05) is 0 Å². The van der Waals surface area contributed by atoms with Gasteiger partial charge in [-0.05, 0) is 0 Å². The summed E-state index contributed by atoms with van der Waals surface area (Å²) in [5.41, 5.74) is 0. The van der Waals surface area contributed by atoms with Crippen molar-refractivity contribution in [2.45, 2.75) is 71.1 Å². The van der Waals surface area contributed by atoms with E-state index in [4.69, 9.17) is 1.37 Å². The maximum Gasteiger partial charge on any atom is 0.0267 e. The fourth-order valence-corrected chi connectivity index (χ4v) is 1.42. The zero-order valence-corrected chi connectivity index (χ0v) is 8.65. The topological polar surface area (TPSA) is 0 Å². The quantitative estimate of drug-likeness (QED) is 0.438. The third-order valence-corrected chi connectivity index (χ3v) is 2.26. The Morgan fingerprint density at radius 3 is 1.67 bits per heavy atom. The predicted octanol–water partition coefficient (Wildman–Crippen LogP) is 4.74. The Hall–Kier alpha value is 0. The van der Waals surface area contributed by atoms with E-state index in [2.05, 4.69) is 13.8 Å². The molecule has 0 fully saturated rings. The largest absolute Gasteiger partial charge is 0.0654 e. The van der Waals surface area contributed by atoms with Gasteiger partial charge in [-0.25, -0.2) is 0 Å². The smallest absolute Gasteiger partial charge is 0.0267 e. The molecule has 0 heteroatoms. The lowest BCUT2D eigenvalue weighted by atomic mass is 10.1. The minimum absolute atomic E-state index is 0.0971. The highest BCUT2D eigenvalue weighted by Gasteiger charge is 1.90. The summed E-state index contributed by atoms with van der Waals surface area (Å²) in [7, 11) is 0. The van der Waals surface area contributed by atoms with E-state index in [1.807, 2.05) is 0 Å². The Morgan fingerprint density at radius 1 is 0.833 bits per heavy atom. The van der Waals surface area contributed by atoms with Crippen molar-refractivity contribution in [1.29, 1.82) is 0 Å². The van der Waals surface area contributed by atoms with Crippen LogP contribution in [0.3, 0.4) is 0 Å². The number of rotatable bonds is 9. The van der Waals surface area contributed by atoms with Gasteiger partial charge in [0.15, 0.2) is 0 Å². The van der Waals surface area contributed by atoms with Crippen LogP contribution >= 0.6 is 0 Å². The summed E-state index contributed by atoms with van der Waals surface area (Å²) < 4.78 is 7.24. The summed E-state index contributed by atoms with van der Waals surface area (Å²) in [5.74, 6) is 0. The standard InChI is InChI=1S/C12H25/c1-3-5-7-9-11-12-10-8-6-4-2/h1,3-12H2,2H3/i3D. The molecule has 0 aromatic rings. The summed E-state index contributed by atoms with van der Waals surface area (Å²) in [6.07, 6.45) is 11.7. The van der Waals surface area contributed by atoms with E-state index in [9.17, 15) is 0 Å². The van der Waals surface area contributed by atoms with Crippen molar-refractivity contribution >= 4 is 0 Å². The molecular weight excluding hydrogens is 144 g/mol. The van der Waals surface area contributed by atoms with E-state index in [0.29, 0.717) is 0 Å². The average molecular weight is 170 g/mol. The van der Waals surface area contributed by atoms with Gasteiger partial charge in [-0.15, -0.1) is 0 Å². The van der Waals surface area contributed by atoms with Crippen LogP contribution in [0.25, 0.3) is 0 Å². The first-order chi connectivity index (χ1) is 6.27. The first-order valence-electron chi connectivity index (χ1n) is 6.10. The second-order valence-corrected chi connectivity index (χ2v) is 3.55. The van der Waals surface area contributed by atoms with Crippen molar-refractivity contribution in [3.8, 4) is 0 Å². The summed E-state index contributed by atoms with van der Waals surface area (Å²) in [4.78, 5) is 0. The summed E-state index contributed by atoms with van der Waals surface area (Å²) in [6.45, 7) is 5.92. The maximum atomic E-state index is 7.24. The van der Waals surface area contributed by atoms with Gasteiger partial charge in [0.2, 0.25) is 0 Å². The van der Waals surface area contributed by atoms with Crippen LogP contribution in [0.1, 0.15) is 72.5 Å². The molecule has 1 atom stereocenters. The van der Waals surface area contributed by atoms with Gasteiger partial charge in [-0.1, -0.05) is 78.0 Å². The van der Waals surface area contributed by atoms with Gasteiger partial charge >= 0.3 is 0 Å². The van der Waals surface area contributed by atoms with Gasteiger partial charge in [-0.2, -0.15) is 0 Å². The lowest BCUT2D eigenvalue weighted by molar-refractivity contribution is 0.566. The Morgan fingerprint density at radius 2 is 1.25 bits per heavy atom. The van der Waals surface area contributed by atoms with Crippen LogP contribution in [0.2, 0.25) is 0 Å². The predicted molar refractivity (Wildman–Crippen MR) is 57.2 cm³/mol. The molecule has 0 saturated heterocycles. The maximum absolute atomic E-state index is 7.24. The third-order valence-electron chi connectivity index (χ3n) is 2.26. The highest BCUT2D eigenvalue weighted by Crippen LogP contribution is 2.09. The first-order valence-corrected chi connectivity index (χ1v) is 5.52. The molecule has 1 unspecified atom stereocenters. The normalized spacial score (nSPS) is 14.3. The van der Waals surface area contributed by atoms with Crippen molar-refractivity contribution in [3.63, 3.8) is 0 Å². The third kappa shape index (κ3) is 10.0. The number of hydrogen-bond acceptors (Lipinski definition) is 0. The lowest BCUT2D eigenvalue weighted by Gasteiger charge is -1.99.